The summed E-state index contributed by atoms with van der Waals surface area (Å²) in [7, 11) is -0.670. The van der Waals surface area contributed by atoms with Crippen LogP contribution in [0, 0.1) is 13.8 Å². The Labute approximate surface area is 181 Å². The highest BCUT2D eigenvalue weighted by Gasteiger charge is 2.20. The minimum absolute atomic E-state index is 0.131. The number of sulfonamides is 1. The molecule has 1 aliphatic heterocycles. The SMILES string of the molecule is Cc1cc(S(=O)(=O)N(C)C)cc(NC(=O)/C=C/C2=Cc3cc(Cl)ccc3OC2)c1C. The van der Waals surface area contributed by atoms with Crippen molar-refractivity contribution in [3.05, 3.63) is 69.8 Å². The van der Waals surface area contributed by atoms with Gasteiger partial charge in [0.15, 0.2) is 0 Å². The number of nitrogens with one attached hydrogen (secondary N) is 1. The molecule has 2 aromatic rings. The van der Waals surface area contributed by atoms with Crippen LogP contribution in [0.4, 0.5) is 5.69 Å². The molecule has 2 aromatic carbocycles. The van der Waals surface area contributed by atoms with Crippen LogP contribution >= 0.6 is 11.6 Å². The molecule has 1 aliphatic rings. The second-order valence-electron chi connectivity index (χ2n) is 7.21. The molecule has 0 radical (unpaired) electrons. The first-order valence-corrected chi connectivity index (χ1v) is 11.1. The molecule has 0 atom stereocenters. The van der Waals surface area contributed by atoms with E-state index in [0.717, 1.165) is 32.3 Å². The molecule has 0 aromatic heterocycles. The second kappa shape index (κ2) is 8.63. The summed E-state index contributed by atoms with van der Waals surface area (Å²) in [6.07, 6.45) is 4.97. The van der Waals surface area contributed by atoms with E-state index in [1.165, 1.54) is 26.2 Å². The molecule has 0 bridgehead atoms. The van der Waals surface area contributed by atoms with Gasteiger partial charge in [-0.15, -0.1) is 0 Å². The number of nitrogens with zero attached hydrogens (tertiary/aromatic N) is 1. The van der Waals surface area contributed by atoms with Crippen molar-refractivity contribution in [1.29, 1.82) is 0 Å². The molecule has 8 heteroatoms. The molecular weight excluding hydrogens is 424 g/mol. The number of hydrogen-bond donors (Lipinski definition) is 1. The van der Waals surface area contributed by atoms with Gasteiger partial charge in [-0.25, -0.2) is 12.7 Å². The van der Waals surface area contributed by atoms with Gasteiger partial charge in [0, 0.05) is 36.4 Å². The largest absolute Gasteiger partial charge is 0.488 e. The van der Waals surface area contributed by atoms with Gasteiger partial charge in [0.2, 0.25) is 15.9 Å². The van der Waals surface area contributed by atoms with Gasteiger partial charge in [-0.05, 0) is 67.0 Å². The Morgan fingerprint density at radius 3 is 2.63 bits per heavy atom. The fraction of sp³-hybridized carbons (Fsp3) is 0.227. The Kier molecular flexibility index (Phi) is 6.36. The maximum Gasteiger partial charge on any atom is 0.248 e. The van der Waals surface area contributed by atoms with Crippen LogP contribution in [0.3, 0.4) is 0 Å². The Morgan fingerprint density at radius 1 is 1.20 bits per heavy atom. The van der Waals surface area contributed by atoms with Crippen molar-refractivity contribution in [3.8, 4) is 5.75 Å². The number of carbonyl (C=O) groups is 1. The van der Waals surface area contributed by atoms with Gasteiger partial charge >= 0.3 is 0 Å². The van der Waals surface area contributed by atoms with E-state index in [1.54, 1.807) is 30.3 Å². The average molecular weight is 447 g/mol. The van der Waals surface area contributed by atoms with Crippen LogP contribution in [0.5, 0.6) is 5.75 Å². The molecule has 1 N–H and O–H groups in total. The zero-order chi connectivity index (χ0) is 22.1. The van der Waals surface area contributed by atoms with Crippen LogP contribution in [-0.4, -0.2) is 39.3 Å². The number of halogens is 1. The Balaban J connectivity index is 1.81. The number of carbonyl (C=O) groups excluding carboxylic acids is 1. The minimum atomic E-state index is -3.61. The molecular formula is C22H23ClN2O4S. The van der Waals surface area contributed by atoms with E-state index in [-0.39, 0.29) is 10.8 Å². The van der Waals surface area contributed by atoms with Crippen molar-refractivity contribution in [2.45, 2.75) is 18.7 Å². The highest BCUT2D eigenvalue weighted by atomic mass is 35.5. The minimum Gasteiger partial charge on any atom is -0.488 e. The van der Waals surface area contributed by atoms with Gasteiger partial charge < -0.3 is 10.1 Å². The van der Waals surface area contributed by atoms with Gasteiger partial charge in [0.05, 0.1) is 4.90 Å². The quantitative estimate of drug-likeness (QED) is 0.699. The number of aryl methyl sites for hydroxylation is 1. The summed E-state index contributed by atoms with van der Waals surface area (Å²) in [5.41, 5.74) is 3.70. The van der Waals surface area contributed by atoms with E-state index >= 15 is 0 Å². The summed E-state index contributed by atoms with van der Waals surface area (Å²) in [6, 6.07) is 8.44. The Morgan fingerprint density at radius 2 is 1.93 bits per heavy atom. The van der Waals surface area contributed by atoms with E-state index in [0.29, 0.717) is 17.3 Å². The van der Waals surface area contributed by atoms with Gasteiger partial charge in [0.1, 0.15) is 12.4 Å². The van der Waals surface area contributed by atoms with Crippen LogP contribution in [0.25, 0.3) is 6.08 Å². The van der Waals surface area contributed by atoms with E-state index < -0.39 is 10.0 Å². The highest BCUT2D eigenvalue weighted by Crippen LogP contribution is 2.29. The van der Waals surface area contributed by atoms with Gasteiger partial charge in [-0.3, -0.25) is 4.79 Å². The molecule has 0 spiro atoms. The number of ether oxygens (including phenoxy) is 1. The summed E-state index contributed by atoms with van der Waals surface area (Å²) in [5.74, 6) is 0.376. The van der Waals surface area contributed by atoms with E-state index in [2.05, 4.69) is 5.32 Å². The topological polar surface area (TPSA) is 75.7 Å². The summed E-state index contributed by atoms with van der Waals surface area (Å²) in [6.45, 7) is 3.98. The maximum atomic E-state index is 12.5. The van der Waals surface area contributed by atoms with Crippen molar-refractivity contribution >= 4 is 39.3 Å². The van der Waals surface area contributed by atoms with Crippen LogP contribution < -0.4 is 10.1 Å². The maximum absolute atomic E-state index is 12.5. The van der Waals surface area contributed by atoms with Crippen LogP contribution in [0.2, 0.25) is 5.02 Å². The van der Waals surface area contributed by atoms with Crippen molar-refractivity contribution in [3.63, 3.8) is 0 Å². The highest BCUT2D eigenvalue weighted by molar-refractivity contribution is 7.89. The molecule has 0 aliphatic carbocycles. The number of amides is 1. The van der Waals surface area contributed by atoms with E-state index in [1.807, 2.05) is 19.9 Å². The van der Waals surface area contributed by atoms with Crippen LogP contribution in [0.1, 0.15) is 16.7 Å². The molecule has 30 heavy (non-hydrogen) atoms. The summed E-state index contributed by atoms with van der Waals surface area (Å²) in [4.78, 5) is 12.6. The normalized spacial score (nSPS) is 13.7. The lowest BCUT2D eigenvalue weighted by atomic mass is 10.1. The lowest BCUT2D eigenvalue weighted by molar-refractivity contribution is -0.111. The zero-order valence-corrected chi connectivity index (χ0v) is 18.8. The number of benzene rings is 2. The molecule has 0 unspecified atom stereocenters. The summed E-state index contributed by atoms with van der Waals surface area (Å²) < 4.78 is 31.7. The fourth-order valence-electron chi connectivity index (χ4n) is 2.94. The monoisotopic (exact) mass is 446 g/mol. The molecule has 0 saturated heterocycles. The third-order valence-corrected chi connectivity index (χ3v) is 6.86. The van der Waals surface area contributed by atoms with E-state index in [4.69, 9.17) is 16.3 Å². The van der Waals surface area contributed by atoms with Gasteiger partial charge in [0.25, 0.3) is 0 Å². The molecule has 0 saturated carbocycles. The van der Waals surface area contributed by atoms with Gasteiger partial charge in [-0.1, -0.05) is 17.7 Å². The molecule has 1 heterocycles. The molecule has 6 nitrogen and oxygen atoms in total. The smallest absolute Gasteiger partial charge is 0.248 e. The number of fused-ring (bicyclic) bond motifs is 1. The lowest BCUT2D eigenvalue weighted by Crippen LogP contribution is -2.22. The van der Waals surface area contributed by atoms with Gasteiger partial charge in [-0.2, -0.15) is 0 Å². The number of anilines is 1. The predicted octanol–water partition coefficient (Wildman–Crippen LogP) is 4.18. The van der Waals surface area contributed by atoms with Crippen LogP contribution in [-0.2, 0) is 14.8 Å². The summed E-state index contributed by atoms with van der Waals surface area (Å²) in [5, 5.41) is 3.38. The Hall–Kier alpha value is -2.61. The standard InChI is InChI=1S/C22H23ClN2O4S/c1-14-9-19(30(27,28)25(3)4)12-20(15(14)2)24-22(26)8-5-16-10-17-11-18(23)6-7-21(17)29-13-16/h5-12H,13H2,1-4H3,(H,24,26)/b8-5+. The third kappa shape index (κ3) is 4.75. The molecule has 3 rings (SSSR count). The third-order valence-electron chi connectivity index (χ3n) is 4.83. The van der Waals surface area contributed by atoms with Crippen molar-refractivity contribution < 1.29 is 17.9 Å². The number of hydrogen-bond acceptors (Lipinski definition) is 4. The van der Waals surface area contributed by atoms with E-state index in [9.17, 15) is 13.2 Å². The van der Waals surface area contributed by atoms with Crippen molar-refractivity contribution in [1.82, 2.24) is 4.31 Å². The molecule has 158 valence electrons. The zero-order valence-electron chi connectivity index (χ0n) is 17.2. The summed E-state index contributed by atoms with van der Waals surface area (Å²) >= 11 is 6.02. The first kappa shape index (κ1) is 22.1. The number of rotatable bonds is 5. The van der Waals surface area contributed by atoms with Crippen LogP contribution in [0.15, 0.2) is 53.0 Å². The predicted molar refractivity (Wildman–Crippen MR) is 119 cm³/mol. The van der Waals surface area contributed by atoms with Crippen molar-refractivity contribution in [2.75, 3.05) is 26.0 Å². The average Bonchev–Trinajstić information content (AvgIpc) is 2.69. The first-order chi connectivity index (χ1) is 14.1. The van der Waals surface area contributed by atoms with Crippen molar-refractivity contribution in [2.24, 2.45) is 0 Å². The fourth-order valence-corrected chi connectivity index (χ4v) is 4.13. The Bertz CT molecular complexity index is 1170. The second-order valence-corrected chi connectivity index (χ2v) is 9.80. The molecule has 1 amide bonds. The molecule has 0 fully saturated rings. The lowest BCUT2D eigenvalue weighted by Gasteiger charge is -2.17. The first-order valence-electron chi connectivity index (χ1n) is 9.23.